The lowest BCUT2D eigenvalue weighted by molar-refractivity contribution is 0.475. The summed E-state index contributed by atoms with van der Waals surface area (Å²) in [5, 5.41) is 18.8. The van der Waals surface area contributed by atoms with Crippen molar-refractivity contribution in [2.24, 2.45) is 0 Å². The zero-order valence-electron chi connectivity index (χ0n) is 11.9. The van der Waals surface area contributed by atoms with Gasteiger partial charge >= 0.3 is 0 Å². The molecule has 0 bridgehead atoms. The second-order valence-corrected chi connectivity index (χ2v) is 4.66. The Morgan fingerprint density at radius 2 is 1.41 bits per heavy atom. The SMILES string of the molecule is O=C=CC=CCC=C(c1ccc(O)cc1)c1ccc(O)cc1. The van der Waals surface area contributed by atoms with E-state index in [4.69, 9.17) is 0 Å². The summed E-state index contributed by atoms with van der Waals surface area (Å²) in [6.45, 7) is 0. The minimum absolute atomic E-state index is 0.213. The first-order valence-corrected chi connectivity index (χ1v) is 6.85. The van der Waals surface area contributed by atoms with Gasteiger partial charge in [0.15, 0.2) is 0 Å². The first-order valence-electron chi connectivity index (χ1n) is 6.85. The molecular formula is C19H16O3. The lowest BCUT2D eigenvalue weighted by Gasteiger charge is -2.09. The van der Waals surface area contributed by atoms with Crippen LogP contribution < -0.4 is 0 Å². The summed E-state index contributed by atoms with van der Waals surface area (Å²) >= 11 is 0. The van der Waals surface area contributed by atoms with E-state index in [1.807, 2.05) is 36.4 Å². The maximum Gasteiger partial charge on any atom is 0.124 e. The van der Waals surface area contributed by atoms with Crippen LogP contribution >= 0.6 is 0 Å². The van der Waals surface area contributed by atoms with Crippen molar-refractivity contribution < 1.29 is 15.0 Å². The standard InChI is InChI=1S/C19H16O3/c20-14-4-2-1-3-5-19(15-6-10-17(21)11-7-15)16-8-12-18(22)13-9-16/h1-2,4-13,21-22H,3H2. The van der Waals surface area contributed by atoms with Crippen molar-refractivity contribution in [3.8, 4) is 11.5 Å². The van der Waals surface area contributed by atoms with Crippen molar-refractivity contribution in [1.29, 1.82) is 0 Å². The molecule has 110 valence electrons. The fraction of sp³-hybridized carbons (Fsp3) is 0.0526. The summed E-state index contributed by atoms with van der Waals surface area (Å²) < 4.78 is 0. The number of benzene rings is 2. The van der Waals surface area contributed by atoms with Gasteiger partial charge in [0.2, 0.25) is 0 Å². The Bertz CT molecular complexity index is 669. The van der Waals surface area contributed by atoms with Crippen LogP contribution in [0.25, 0.3) is 5.57 Å². The smallest absolute Gasteiger partial charge is 0.124 e. The summed E-state index contributed by atoms with van der Waals surface area (Å²) in [5.74, 6) is 2.12. The molecule has 0 unspecified atom stereocenters. The lowest BCUT2D eigenvalue weighted by atomic mass is 9.96. The van der Waals surface area contributed by atoms with Crippen molar-refractivity contribution in [2.75, 3.05) is 0 Å². The van der Waals surface area contributed by atoms with E-state index < -0.39 is 0 Å². The van der Waals surface area contributed by atoms with Gasteiger partial charge in [0, 0.05) is 6.08 Å². The van der Waals surface area contributed by atoms with Crippen LogP contribution in [-0.2, 0) is 4.79 Å². The largest absolute Gasteiger partial charge is 0.508 e. The minimum atomic E-state index is 0.213. The Labute approximate surface area is 129 Å². The van der Waals surface area contributed by atoms with Crippen molar-refractivity contribution >= 4 is 11.5 Å². The summed E-state index contributed by atoms with van der Waals surface area (Å²) in [4.78, 5) is 10.1. The Morgan fingerprint density at radius 1 is 0.909 bits per heavy atom. The Kier molecular flexibility index (Phi) is 5.36. The van der Waals surface area contributed by atoms with E-state index in [9.17, 15) is 15.0 Å². The van der Waals surface area contributed by atoms with Gasteiger partial charge in [0.1, 0.15) is 17.4 Å². The van der Waals surface area contributed by atoms with Gasteiger partial charge in [0.25, 0.3) is 0 Å². The van der Waals surface area contributed by atoms with Crippen LogP contribution in [0.3, 0.4) is 0 Å². The third-order valence-electron chi connectivity index (χ3n) is 3.12. The maximum absolute atomic E-state index is 10.1. The lowest BCUT2D eigenvalue weighted by Crippen LogP contribution is -1.87. The van der Waals surface area contributed by atoms with Gasteiger partial charge in [-0.1, -0.05) is 42.5 Å². The van der Waals surface area contributed by atoms with Crippen LogP contribution in [0.15, 0.2) is 72.8 Å². The second-order valence-electron chi connectivity index (χ2n) is 4.66. The molecule has 0 saturated carbocycles. The molecule has 0 amide bonds. The summed E-state index contributed by atoms with van der Waals surface area (Å²) in [6.07, 6.45) is 7.48. The Hall–Kier alpha value is -3.03. The van der Waals surface area contributed by atoms with E-state index in [-0.39, 0.29) is 11.5 Å². The number of phenols is 2. The van der Waals surface area contributed by atoms with E-state index >= 15 is 0 Å². The molecule has 0 atom stereocenters. The molecule has 0 aromatic heterocycles. The zero-order valence-corrected chi connectivity index (χ0v) is 11.9. The Balaban J connectivity index is 2.35. The van der Waals surface area contributed by atoms with Crippen molar-refractivity contribution in [2.45, 2.75) is 6.42 Å². The van der Waals surface area contributed by atoms with E-state index in [1.54, 1.807) is 36.3 Å². The monoisotopic (exact) mass is 292 g/mol. The highest BCUT2D eigenvalue weighted by molar-refractivity contribution is 5.80. The van der Waals surface area contributed by atoms with Crippen LogP contribution in [0.2, 0.25) is 0 Å². The van der Waals surface area contributed by atoms with Gasteiger partial charge in [-0.2, -0.15) is 0 Å². The first kappa shape index (κ1) is 15.4. The average Bonchev–Trinajstić information content (AvgIpc) is 2.53. The van der Waals surface area contributed by atoms with E-state index in [2.05, 4.69) is 0 Å². The summed E-state index contributed by atoms with van der Waals surface area (Å²) in [6, 6.07) is 13.9. The van der Waals surface area contributed by atoms with Crippen molar-refractivity contribution in [3.05, 3.63) is 84.0 Å². The van der Waals surface area contributed by atoms with Crippen LogP contribution in [0.5, 0.6) is 11.5 Å². The zero-order chi connectivity index (χ0) is 15.8. The quantitative estimate of drug-likeness (QED) is 0.650. The normalized spacial score (nSPS) is 10.2. The number of hydrogen-bond acceptors (Lipinski definition) is 3. The van der Waals surface area contributed by atoms with Crippen molar-refractivity contribution in [3.63, 3.8) is 0 Å². The molecule has 0 aliphatic rings. The molecule has 2 N–H and O–H groups in total. The van der Waals surface area contributed by atoms with Crippen LogP contribution in [0.1, 0.15) is 17.5 Å². The maximum atomic E-state index is 10.1. The number of allylic oxidation sites excluding steroid dienone is 4. The molecule has 0 fully saturated rings. The molecular weight excluding hydrogens is 276 g/mol. The average molecular weight is 292 g/mol. The number of rotatable bonds is 5. The fourth-order valence-corrected chi connectivity index (χ4v) is 2.06. The van der Waals surface area contributed by atoms with Gasteiger partial charge in [-0.25, -0.2) is 4.79 Å². The predicted molar refractivity (Wildman–Crippen MR) is 87.3 cm³/mol. The van der Waals surface area contributed by atoms with E-state index in [1.165, 1.54) is 6.08 Å². The van der Waals surface area contributed by atoms with Gasteiger partial charge < -0.3 is 10.2 Å². The highest BCUT2D eigenvalue weighted by Gasteiger charge is 2.05. The summed E-state index contributed by atoms with van der Waals surface area (Å²) in [5.41, 5.74) is 2.91. The van der Waals surface area contributed by atoms with E-state index in [0.29, 0.717) is 6.42 Å². The third kappa shape index (κ3) is 4.23. The molecule has 2 rings (SSSR count). The predicted octanol–water partition coefficient (Wildman–Crippen LogP) is 3.86. The molecule has 0 aliphatic carbocycles. The topological polar surface area (TPSA) is 57.5 Å². The number of phenolic OH excluding ortho intramolecular Hbond substituents is 2. The molecule has 2 aromatic carbocycles. The molecule has 0 saturated heterocycles. The first-order chi connectivity index (χ1) is 10.7. The highest BCUT2D eigenvalue weighted by atomic mass is 16.3. The van der Waals surface area contributed by atoms with Gasteiger partial charge in [0.05, 0.1) is 0 Å². The molecule has 2 aromatic rings. The minimum Gasteiger partial charge on any atom is -0.508 e. The molecule has 0 aliphatic heterocycles. The fourth-order valence-electron chi connectivity index (χ4n) is 2.06. The second kappa shape index (κ2) is 7.67. The number of aromatic hydroxyl groups is 2. The van der Waals surface area contributed by atoms with E-state index in [0.717, 1.165) is 16.7 Å². The van der Waals surface area contributed by atoms with Crippen molar-refractivity contribution in [1.82, 2.24) is 0 Å². The molecule has 0 heterocycles. The molecule has 3 nitrogen and oxygen atoms in total. The number of hydrogen-bond donors (Lipinski definition) is 2. The summed E-state index contributed by atoms with van der Waals surface area (Å²) in [7, 11) is 0. The highest BCUT2D eigenvalue weighted by Crippen LogP contribution is 2.26. The van der Waals surface area contributed by atoms with Crippen LogP contribution in [0, 0.1) is 0 Å². The van der Waals surface area contributed by atoms with Gasteiger partial charge in [-0.3, -0.25) is 0 Å². The number of carbonyl (C=O) groups excluding carboxylic acids is 1. The van der Waals surface area contributed by atoms with Crippen LogP contribution in [-0.4, -0.2) is 16.2 Å². The molecule has 3 heteroatoms. The van der Waals surface area contributed by atoms with Crippen LogP contribution in [0.4, 0.5) is 0 Å². The Morgan fingerprint density at radius 3 is 1.86 bits per heavy atom. The van der Waals surface area contributed by atoms with Gasteiger partial charge in [-0.15, -0.1) is 0 Å². The molecule has 22 heavy (non-hydrogen) atoms. The molecule has 0 spiro atoms. The molecule has 0 radical (unpaired) electrons. The third-order valence-corrected chi connectivity index (χ3v) is 3.12. The van der Waals surface area contributed by atoms with Gasteiger partial charge in [-0.05, 0) is 47.4 Å².